The van der Waals surface area contributed by atoms with Gasteiger partial charge in [0, 0.05) is 17.4 Å². The summed E-state index contributed by atoms with van der Waals surface area (Å²) in [6.45, 7) is 0.963. The maximum absolute atomic E-state index is 10.7. The number of amides is 1. The molecule has 2 unspecified atom stereocenters. The van der Waals surface area contributed by atoms with E-state index < -0.39 is 16.9 Å². The number of rotatable bonds is 5. The molecule has 80 valence electrons. The molecule has 0 aromatic rings. The van der Waals surface area contributed by atoms with E-state index in [0.717, 1.165) is 19.4 Å². The Morgan fingerprint density at radius 2 is 2.43 bits per heavy atom. The van der Waals surface area contributed by atoms with Crippen LogP contribution in [0, 0.1) is 10.1 Å². The zero-order chi connectivity index (χ0) is 10.6. The SMILES string of the molecule is NC(=O)C(CCC1CCCN1)[N+](=O)[O-]. The predicted molar refractivity (Wildman–Crippen MR) is 50.2 cm³/mol. The Bertz CT molecular complexity index is 212. The summed E-state index contributed by atoms with van der Waals surface area (Å²) in [5.74, 6) is -0.840. The third kappa shape index (κ3) is 2.95. The number of hydrogen-bond acceptors (Lipinski definition) is 4. The molecule has 0 saturated carbocycles. The highest BCUT2D eigenvalue weighted by atomic mass is 16.6. The van der Waals surface area contributed by atoms with Crippen molar-refractivity contribution in [2.24, 2.45) is 5.73 Å². The van der Waals surface area contributed by atoms with Crippen molar-refractivity contribution in [3.05, 3.63) is 10.1 Å². The molecule has 0 aliphatic carbocycles. The molecule has 1 aliphatic heterocycles. The Morgan fingerprint density at radius 3 is 2.86 bits per heavy atom. The van der Waals surface area contributed by atoms with Gasteiger partial charge in [-0.15, -0.1) is 0 Å². The van der Waals surface area contributed by atoms with Gasteiger partial charge in [0.05, 0.1) is 0 Å². The van der Waals surface area contributed by atoms with Gasteiger partial charge in [-0.25, -0.2) is 0 Å². The predicted octanol–water partition coefficient (Wildman–Crippen LogP) is -0.351. The summed E-state index contributed by atoms with van der Waals surface area (Å²) < 4.78 is 0. The zero-order valence-corrected chi connectivity index (χ0v) is 7.94. The molecule has 0 aromatic heterocycles. The van der Waals surface area contributed by atoms with Crippen LogP contribution >= 0.6 is 0 Å². The van der Waals surface area contributed by atoms with E-state index in [1.807, 2.05) is 0 Å². The van der Waals surface area contributed by atoms with E-state index in [1.54, 1.807) is 0 Å². The molecule has 3 N–H and O–H groups in total. The first-order valence-electron chi connectivity index (χ1n) is 4.77. The molecule has 0 bridgehead atoms. The highest BCUT2D eigenvalue weighted by Gasteiger charge is 2.28. The van der Waals surface area contributed by atoms with Crippen molar-refractivity contribution in [2.45, 2.75) is 37.8 Å². The zero-order valence-electron chi connectivity index (χ0n) is 7.94. The maximum atomic E-state index is 10.7. The van der Waals surface area contributed by atoms with Crippen LogP contribution in [0.5, 0.6) is 0 Å². The van der Waals surface area contributed by atoms with Gasteiger partial charge in [-0.05, 0) is 25.8 Å². The number of carbonyl (C=O) groups is 1. The lowest BCUT2D eigenvalue weighted by molar-refractivity contribution is -0.508. The highest BCUT2D eigenvalue weighted by molar-refractivity contribution is 5.78. The number of hydrogen-bond donors (Lipinski definition) is 2. The fraction of sp³-hybridized carbons (Fsp3) is 0.875. The fourth-order valence-electron chi connectivity index (χ4n) is 1.71. The first kappa shape index (κ1) is 10.9. The Balaban J connectivity index is 2.32. The monoisotopic (exact) mass is 201 g/mol. The Labute approximate surface area is 82.0 Å². The summed E-state index contributed by atoms with van der Waals surface area (Å²) in [6, 6.07) is -0.908. The van der Waals surface area contributed by atoms with Crippen LogP contribution < -0.4 is 11.1 Å². The molecular weight excluding hydrogens is 186 g/mol. The third-order valence-corrected chi connectivity index (χ3v) is 2.53. The lowest BCUT2D eigenvalue weighted by Gasteiger charge is -2.10. The second kappa shape index (κ2) is 4.90. The standard InChI is InChI=1S/C8H15N3O3/c9-8(12)7(11(13)14)4-3-6-2-1-5-10-6/h6-7,10H,1-5H2,(H2,9,12). The molecule has 1 aliphatic rings. The summed E-state index contributed by atoms with van der Waals surface area (Å²) in [4.78, 5) is 20.5. The van der Waals surface area contributed by atoms with Gasteiger partial charge in [-0.3, -0.25) is 14.9 Å². The van der Waals surface area contributed by atoms with Crippen LogP contribution in [0.4, 0.5) is 0 Å². The average molecular weight is 201 g/mol. The van der Waals surface area contributed by atoms with Crippen LogP contribution in [-0.4, -0.2) is 29.5 Å². The number of nitrogens with one attached hydrogen (secondary N) is 1. The van der Waals surface area contributed by atoms with E-state index in [4.69, 9.17) is 5.73 Å². The van der Waals surface area contributed by atoms with E-state index in [0.29, 0.717) is 12.5 Å². The van der Waals surface area contributed by atoms with E-state index >= 15 is 0 Å². The first-order valence-corrected chi connectivity index (χ1v) is 4.77. The molecule has 0 aromatic carbocycles. The van der Waals surface area contributed by atoms with Crippen LogP contribution in [0.1, 0.15) is 25.7 Å². The molecule has 0 spiro atoms. The molecule has 6 nitrogen and oxygen atoms in total. The summed E-state index contributed by atoms with van der Waals surface area (Å²) in [5, 5.41) is 13.6. The normalized spacial score (nSPS) is 23.3. The second-order valence-electron chi connectivity index (χ2n) is 3.57. The molecule has 1 heterocycles. The molecule has 0 radical (unpaired) electrons. The van der Waals surface area contributed by atoms with Crippen LogP contribution in [0.15, 0.2) is 0 Å². The summed E-state index contributed by atoms with van der Waals surface area (Å²) in [5.41, 5.74) is 4.92. The van der Waals surface area contributed by atoms with Crippen molar-refractivity contribution in [2.75, 3.05) is 6.54 Å². The van der Waals surface area contributed by atoms with E-state index in [1.165, 1.54) is 0 Å². The number of nitrogens with two attached hydrogens (primary N) is 1. The summed E-state index contributed by atoms with van der Waals surface area (Å²) in [7, 11) is 0. The van der Waals surface area contributed by atoms with Crippen LogP contribution in [0.2, 0.25) is 0 Å². The van der Waals surface area contributed by atoms with Gasteiger partial charge in [-0.1, -0.05) is 0 Å². The van der Waals surface area contributed by atoms with Crippen molar-refractivity contribution in [1.29, 1.82) is 0 Å². The lowest BCUT2D eigenvalue weighted by atomic mass is 10.1. The summed E-state index contributed by atoms with van der Waals surface area (Å²) in [6.07, 6.45) is 3.02. The van der Waals surface area contributed by atoms with E-state index in [9.17, 15) is 14.9 Å². The van der Waals surface area contributed by atoms with E-state index in [-0.39, 0.29) is 6.42 Å². The van der Waals surface area contributed by atoms with Gasteiger partial charge in [0.1, 0.15) is 0 Å². The molecule has 2 atom stereocenters. The second-order valence-corrected chi connectivity index (χ2v) is 3.57. The van der Waals surface area contributed by atoms with Gasteiger partial charge >= 0.3 is 0 Å². The van der Waals surface area contributed by atoms with Gasteiger partial charge in [0.2, 0.25) is 0 Å². The van der Waals surface area contributed by atoms with Gasteiger partial charge < -0.3 is 11.1 Å². The highest BCUT2D eigenvalue weighted by Crippen LogP contribution is 2.13. The smallest absolute Gasteiger partial charge is 0.292 e. The molecule has 1 saturated heterocycles. The Hall–Kier alpha value is -1.17. The maximum Gasteiger partial charge on any atom is 0.292 e. The van der Waals surface area contributed by atoms with Crippen LogP contribution in [-0.2, 0) is 4.79 Å². The quantitative estimate of drug-likeness (QED) is 0.469. The Morgan fingerprint density at radius 1 is 1.71 bits per heavy atom. The van der Waals surface area contributed by atoms with Crippen molar-refractivity contribution in [3.63, 3.8) is 0 Å². The minimum Gasteiger partial charge on any atom is -0.364 e. The van der Waals surface area contributed by atoms with Crippen LogP contribution in [0.3, 0.4) is 0 Å². The molecule has 1 fully saturated rings. The third-order valence-electron chi connectivity index (χ3n) is 2.53. The number of carbonyl (C=O) groups excluding carboxylic acids is 1. The van der Waals surface area contributed by atoms with Crippen LogP contribution in [0.25, 0.3) is 0 Å². The molecular formula is C8H15N3O3. The van der Waals surface area contributed by atoms with Gasteiger partial charge in [0.25, 0.3) is 11.9 Å². The van der Waals surface area contributed by atoms with E-state index in [2.05, 4.69) is 5.32 Å². The topological polar surface area (TPSA) is 98.3 Å². The largest absolute Gasteiger partial charge is 0.364 e. The first-order chi connectivity index (χ1) is 6.61. The number of nitro groups is 1. The number of primary amides is 1. The van der Waals surface area contributed by atoms with Crippen molar-refractivity contribution < 1.29 is 9.72 Å². The molecule has 1 rings (SSSR count). The van der Waals surface area contributed by atoms with Crippen molar-refractivity contribution in [1.82, 2.24) is 5.32 Å². The molecule has 6 heteroatoms. The fourth-order valence-corrected chi connectivity index (χ4v) is 1.71. The summed E-state index contributed by atoms with van der Waals surface area (Å²) >= 11 is 0. The number of nitrogens with zero attached hydrogens (tertiary/aromatic N) is 1. The van der Waals surface area contributed by atoms with Gasteiger partial charge in [0.15, 0.2) is 0 Å². The van der Waals surface area contributed by atoms with Gasteiger partial charge in [-0.2, -0.15) is 0 Å². The van der Waals surface area contributed by atoms with Crippen molar-refractivity contribution in [3.8, 4) is 0 Å². The minimum absolute atomic E-state index is 0.236. The molecule has 14 heavy (non-hydrogen) atoms. The lowest BCUT2D eigenvalue weighted by Crippen LogP contribution is -2.36. The molecule has 1 amide bonds. The average Bonchev–Trinajstić information content (AvgIpc) is 2.55. The van der Waals surface area contributed by atoms with Crippen molar-refractivity contribution >= 4 is 5.91 Å². The Kier molecular flexibility index (Phi) is 3.82. The minimum atomic E-state index is -1.22.